The van der Waals surface area contributed by atoms with Gasteiger partial charge in [-0.15, -0.1) is 0 Å². The SMILES string of the molecule is CC(C)Oc1ccc(CN(Cc2cccc(F)c2)C(=O)CC2CCN(C)CC2)cc1.CC(F)(F)C(=O)O. The van der Waals surface area contributed by atoms with Crippen molar-refractivity contribution in [2.24, 2.45) is 5.92 Å². The van der Waals surface area contributed by atoms with Crippen molar-refractivity contribution in [3.8, 4) is 5.75 Å². The number of carboxylic acids is 1. The van der Waals surface area contributed by atoms with Crippen molar-refractivity contribution in [3.05, 3.63) is 65.5 Å². The molecule has 2 aromatic carbocycles. The Bertz CT molecular complexity index is 1000. The summed E-state index contributed by atoms with van der Waals surface area (Å²) in [5.41, 5.74) is 1.85. The Kier molecular flexibility index (Phi) is 11.4. The number of piperidine rings is 1. The van der Waals surface area contributed by atoms with Gasteiger partial charge in [-0.1, -0.05) is 24.3 Å². The van der Waals surface area contributed by atoms with Gasteiger partial charge in [0.1, 0.15) is 11.6 Å². The van der Waals surface area contributed by atoms with E-state index in [-0.39, 0.29) is 17.8 Å². The molecule has 6 nitrogen and oxygen atoms in total. The fourth-order valence-electron chi connectivity index (χ4n) is 3.90. The highest BCUT2D eigenvalue weighted by Gasteiger charge is 2.31. The van der Waals surface area contributed by atoms with Crippen LogP contribution >= 0.6 is 0 Å². The maximum Gasteiger partial charge on any atom is 0.374 e. The van der Waals surface area contributed by atoms with E-state index in [1.54, 1.807) is 6.07 Å². The van der Waals surface area contributed by atoms with Gasteiger partial charge in [0, 0.05) is 26.4 Å². The number of rotatable bonds is 9. The third kappa shape index (κ3) is 11.2. The van der Waals surface area contributed by atoms with E-state index in [1.807, 2.05) is 49.1 Å². The van der Waals surface area contributed by atoms with Gasteiger partial charge < -0.3 is 19.6 Å². The largest absolute Gasteiger partial charge is 0.491 e. The minimum atomic E-state index is -3.58. The number of hydrogen-bond donors (Lipinski definition) is 1. The van der Waals surface area contributed by atoms with E-state index in [9.17, 15) is 22.8 Å². The van der Waals surface area contributed by atoms with Crippen LogP contribution in [0, 0.1) is 11.7 Å². The summed E-state index contributed by atoms with van der Waals surface area (Å²) in [4.78, 5) is 26.6. The lowest BCUT2D eigenvalue weighted by molar-refractivity contribution is -0.161. The van der Waals surface area contributed by atoms with Crippen LogP contribution in [0.3, 0.4) is 0 Å². The van der Waals surface area contributed by atoms with Gasteiger partial charge in [0.2, 0.25) is 5.91 Å². The Hall–Kier alpha value is -3.07. The lowest BCUT2D eigenvalue weighted by Gasteiger charge is -2.31. The molecule has 204 valence electrons. The molecule has 37 heavy (non-hydrogen) atoms. The van der Waals surface area contributed by atoms with Gasteiger partial charge in [0.15, 0.2) is 0 Å². The van der Waals surface area contributed by atoms with Crippen molar-refractivity contribution in [3.63, 3.8) is 0 Å². The van der Waals surface area contributed by atoms with Gasteiger partial charge in [0.25, 0.3) is 0 Å². The summed E-state index contributed by atoms with van der Waals surface area (Å²) in [6, 6.07) is 14.4. The molecule has 1 saturated heterocycles. The number of aliphatic carboxylic acids is 1. The van der Waals surface area contributed by atoms with Crippen LogP contribution in [0.1, 0.15) is 51.2 Å². The van der Waals surface area contributed by atoms with Crippen LogP contribution in [0.15, 0.2) is 48.5 Å². The summed E-state index contributed by atoms with van der Waals surface area (Å²) in [5.74, 6) is -4.57. The second kappa shape index (κ2) is 14.0. The molecule has 0 spiro atoms. The van der Waals surface area contributed by atoms with Gasteiger partial charge in [-0.25, -0.2) is 9.18 Å². The smallest absolute Gasteiger partial charge is 0.374 e. The highest BCUT2D eigenvalue weighted by Crippen LogP contribution is 2.23. The number of nitrogens with zero attached hydrogens (tertiary/aromatic N) is 2. The summed E-state index contributed by atoms with van der Waals surface area (Å²) < 4.78 is 41.9. The summed E-state index contributed by atoms with van der Waals surface area (Å²) in [7, 11) is 2.13. The van der Waals surface area contributed by atoms with Gasteiger partial charge in [-0.3, -0.25) is 4.79 Å². The predicted octanol–water partition coefficient (Wildman–Crippen LogP) is 5.60. The zero-order valence-corrected chi connectivity index (χ0v) is 21.9. The number of carboxylic acid groups (broad SMARTS) is 1. The number of likely N-dealkylation sites (tertiary alicyclic amines) is 1. The predicted molar refractivity (Wildman–Crippen MR) is 136 cm³/mol. The van der Waals surface area contributed by atoms with Crippen molar-refractivity contribution in [1.82, 2.24) is 9.80 Å². The van der Waals surface area contributed by atoms with Crippen molar-refractivity contribution in [2.75, 3.05) is 20.1 Å². The van der Waals surface area contributed by atoms with Gasteiger partial charge in [-0.2, -0.15) is 8.78 Å². The number of amides is 1. The lowest BCUT2D eigenvalue weighted by atomic mass is 9.93. The number of hydrogen-bond acceptors (Lipinski definition) is 4. The second-order valence-corrected chi connectivity index (χ2v) is 9.83. The Labute approximate surface area is 217 Å². The van der Waals surface area contributed by atoms with Crippen molar-refractivity contribution in [1.29, 1.82) is 0 Å². The first-order valence-electron chi connectivity index (χ1n) is 12.4. The number of carbonyl (C=O) groups is 2. The van der Waals surface area contributed by atoms with Crippen molar-refractivity contribution >= 4 is 11.9 Å². The average Bonchev–Trinajstić information content (AvgIpc) is 2.81. The first kappa shape index (κ1) is 30.2. The monoisotopic (exact) mass is 522 g/mol. The highest BCUT2D eigenvalue weighted by molar-refractivity contribution is 5.76. The summed E-state index contributed by atoms with van der Waals surface area (Å²) in [6.45, 7) is 7.32. The molecular formula is C28H37F3N2O4. The topological polar surface area (TPSA) is 70.1 Å². The van der Waals surface area contributed by atoms with Gasteiger partial charge in [-0.05, 0) is 88.1 Å². The molecular weight excluding hydrogens is 485 g/mol. The van der Waals surface area contributed by atoms with Crippen LogP contribution in [-0.2, 0) is 22.7 Å². The van der Waals surface area contributed by atoms with E-state index < -0.39 is 11.9 Å². The van der Waals surface area contributed by atoms with E-state index in [0.717, 1.165) is 42.8 Å². The van der Waals surface area contributed by atoms with E-state index >= 15 is 0 Å². The standard InChI is InChI=1S/C25H33FN2O2.C3H4F2O2/c1-19(2)30-24-9-7-21(8-10-24)17-28(18-22-5-4-6-23(26)15-22)25(29)16-20-11-13-27(3)14-12-20;1-3(4,5)2(6)7/h4-10,15,19-20H,11-14,16-18H2,1-3H3;1H3,(H,6,7). The molecule has 9 heteroatoms. The third-order valence-corrected chi connectivity index (χ3v) is 5.96. The van der Waals surface area contributed by atoms with Crippen LogP contribution < -0.4 is 4.74 Å². The molecule has 1 fully saturated rings. The van der Waals surface area contributed by atoms with Gasteiger partial charge >= 0.3 is 11.9 Å². The number of carbonyl (C=O) groups excluding carboxylic acids is 1. The molecule has 0 saturated carbocycles. The molecule has 0 bridgehead atoms. The molecule has 0 unspecified atom stereocenters. The van der Waals surface area contributed by atoms with Crippen LogP contribution in [0.25, 0.3) is 0 Å². The number of benzene rings is 2. The Morgan fingerprint density at radius 2 is 1.65 bits per heavy atom. The molecule has 1 aliphatic rings. The normalized spacial score (nSPS) is 14.6. The Balaban J connectivity index is 0.000000604. The van der Waals surface area contributed by atoms with Crippen molar-refractivity contribution < 1.29 is 32.6 Å². The minimum Gasteiger partial charge on any atom is -0.491 e. The maximum atomic E-state index is 13.7. The molecule has 0 radical (unpaired) electrons. The first-order valence-corrected chi connectivity index (χ1v) is 12.4. The Morgan fingerprint density at radius 3 is 2.16 bits per heavy atom. The molecule has 0 aromatic heterocycles. The molecule has 1 heterocycles. The highest BCUT2D eigenvalue weighted by atomic mass is 19.3. The van der Waals surface area contributed by atoms with Gasteiger partial charge in [0.05, 0.1) is 6.10 Å². The van der Waals surface area contributed by atoms with Crippen LogP contribution in [0.4, 0.5) is 13.2 Å². The van der Waals surface area contributed by atoms with Crippen LogP contribution in [0.5, 0.6) is 5.75 Å². The third-order valence-electron chi connectivity index (χ3n) is 5.96. The molecule has 1 amide bonds. The van der Waals surface area contributed by atoms with Crippen LogP contribution in [-0.4, -0.2) is 58.9 Å². The zero-order valence-electron chi connectivity index (χ0n) is 21.9. The minimum absolute atomic E-state index is 0.122. The number of halogens is 3. The average molecular weight is 523 g/mol. The van der Waals surface area contributed by atoms with E-state index in [0.29, 0.717) is 32.4 Å². The van der Waals surface area contributed by atoms with Crippen molar-refractivity contribution in [2.45, 2.75) is 65.1 Å². The van der Waals surface area contributed by atoms with E-state index in [1.165, 1.54) is 12.1 Å². The molecule has 1 N–H and O–H groups in total. The van der Waals surface area contributed by atoms with Crippen LogP contribution in [0.2, 0.25) is 0 Å². The second-order valence-electron chi connectivity index (χ2n) is 9.83. The fourth-order valence-corrected chi connectivity index (χ4v) is 3.90. The maximum absolute atomic E-state index is 13.7. The fraction of sp³-hybridized carbons (Fsp3) is 0.500. The Morgan fingerprint density at radius 1 is 1.08 bits per heavy atom. The molecule has 0 aliphatic carbocycles. The first-order chi connectivity index (χ1) is 17.3. The quantitative estimate of drug-likeness (QED) is 0.464. The molecule has 3 rings (SSSR count). The summed E-state index contributed by atoms with van der Waals surface area (Å²) in [6.07, 6.45) is 2.78. The summed E-state index contributed by atoms with van der Waals surface area (Å²) >= 11 is 0. The number of alkyl halides is 2. The molecule has 1 aliphatic heterocycles. The summed E-state index contributed by atoms with van der Waals surface area (Å²) in [5, 5.41) is 7.50. The number of ether oxygens (including phenoxy) is 1. The van der Waals surface area contributed by atoms with E-state index in [4.69, 9.17) is 9.84 Å². The molecule has 2 aromatic rings. The lowest BCUT2D eigenvalue weighted by Crippen LogP contribution is -2.35. The van der Waals surface area contributed by atoms with E-state index in [2.05, 4.69) is 11.9 Å². The molecule has 0 atom stereocenters. The zero-order chi connectivity index (χ0) is 27.6.